The summed E-state index contributed by atoms with van der Waals surface area (Å²) in [7, 11) is 0. The number of carbonyl (C=O) groups excluding carboxylic acids is 1. The molecule has 0 aliphatic carbocycles. The van der Waals surface area contributed by atoms with E-state index in [4.69, 9.17) is 9.72 Å². The summed E-state index contributed by atoms with van der Waals surface area (Å²) in [4.78, 5) is 25.8. The first kappa shape index (κ1) is 17.5. The SMILES string of the molecule is Cc1nc2ccccc2nc1N1CCN(C(=O)OC(C)(C)C)[C@H](C)C1. The first-order chi connectivity index (χ1) is 11.7. The Morgan fingerprint density at radius 2 is 1.80 bits per heavy atom. The van der Waals surface area contributed by atoms with Gasteiger partial charge in [-0.1, -0.05) is 12.1 Å². The Hall–Kier alpha value is -2.37. The molecule has 6 heteroatoms. The Morgan fingerprint density at radius 1 is 1.16 bits per heavy atom. The number of amides is 1. The fraction of sp³-hybridized carbons (Fsp3) is 0.526. The number of aromatic nitrogens is 2. The number of fused-ring (bicyclic) bond motifs is 1. The maximum absolute atomic E-state index is 12.4. The zero-order valence-electron chi connectivity index (χ0n) is 15.6. The molecule has 1 aromatic heterocycles. The molecule has 2 heterocycles. The van der Waals surface area contributed by atoms with Crippen molar-refractivity contribution in [2.24, 2.45) is 0 Å². The van der Waals surface area contributed by atoms with Crippen LogP contribution in [0.5, 0.6) is 0 Å². The molecule has 0 bridgehead atoms. The largest absolute Gasteiger partial charge is 0.444 e. The van der Waals surface area contributed by atoms with Crippen LogP contribution in [0.3, 0.4) is 0 Å². The van der Waals surface area contributed by atoms with E-state index in [1.807, 2.05) is 58.9 Å². The van der Waals surface area contributed by atoms with Crippen molar-refractivity contribution in [2.45, 2.75) is 46.3 Å². The van der Waals surface area contributed by atoms with Gasteiger partial charge in [0, 0.05) is 25.7 Å². The number of benzene rings is 1. The van der Waals surface area contributed by atoms with Gasteiger partial charge in [0.15, 0.2) is 5.82 Å². The predicted molar refractivity (Wildman–Crippen MR) is 98.9 cm³/mol. The van der Waals surface area contributed by atoms with Gasteiger partial charge < -0.3 is 14.5 Å². The van der Waals surface area contributed by atoms with E-state index in [2.05, 4.69) is 9.88 Å². The first-order valence-electron chi connectivity index (χ1n) is 8.72. The molecule has 0 radical (unpaired) electrons. The number of aryl methyl sites for hydroxylation is 1. The van der Waals surface area contributed by atoms with Crippen LogP contribution in [0.1, 0.15) is 33.4 Å². The van der Waals surface area contributed by atoms with Crippen LogP contribution < -0.4 is 4.90 Å². The third kappa shape index (κ3) is 3.83. The van der Waals surface area contributed by atoms with Gasteiger partial charge in [-0.15, -0.1) is 0 Å². The summed E-state index contributed by atoms with van der Waals surface area (Å²) in [5, 5.41) is 0. The van der Waals surface area contributed by atoms with Crippen LogP contribution in [0.2, 0.25) is 0 Å². The van der Waals surface area contributed by atoms with Crippen molar-refractivity contribution in [1.29, 1.82) is 0 Å². The standard InChI is InChI=1S/C19H26N4O2/c1-13-12-22(10-11-23(13)18(24)25-19(3,4)5)17-14(2)20-15-8-6-7-9-16(15)21-17/h6-9,13H,10-12H2,1-5H3/t13-/m1/s1. The summed E-state index contributed by atoms with van der Waals surface area (Å²) in [5.74, 6) is 0.898. The third-order valence-corrected chi connectivity index (χ3v) is 4.27. The van der Waals surface area contributed by atoms with E-state index < -0.39 is 5.60 Å². The van der Waals surface area contributed by atoms with Crippen molar-refractivity contribution in [1.82, 2.24) is 14.9 Å². The highest BCUT2D eigenvalue weighted by Gasteiger charge is 2.31. The van der Waals surface area contributed by atoms with Gasteiger partial charge in [-0.05, 0) is 46.8 Å². The van der Waals surface area contributed by atoms with Gasteiger partial charge in [-0.25, -0.2) is 14.8 Å². The van der Waals surface area contributed by atoms with E-state index in [9.17, 15) is 4.79 Å². The normalized spacial score (nSPS) is 18.5. The summed E-state index contributed by atoms with van der Waals surface area (Å²) >= 11 is 0. The maximum atomic E-state index is 12.4. The smallest absolute Gasteiger partial charge is 0.410 e. The summed E-state index contributed by atoms with van der Waals surface area (Å²) in [6.07, 6.45) is -0.249. The van der Waals surface area contributed by atoms with Gasteiger partial charge in [0.05, 0.1) is 16.7 Å². The molecule has 1 fully saturated rings. The van der Waals surface area contributed by atoms with E-state index in [1.165, 1.54) is 0 Å². The van der Waals surface area contributed by atoms with Crippen LogP contribution in [0, 0.1) is 6.92 Å². The molecule has 6 nitrogen and oxygen atoms in total. The number of hydrogen-bond acceptors (Lipinski definition) is 5. The molecule has 1 amide bonds. The first-order valence-corrected chi connectivity index (χ1v) is 8.72. The molecule has 1 aliphatic heterocycles. The van der Waals surface area contributed by atoms with Crippen molar-refractivity contribution < 1.29 is 9.53 Å². The molecule has 2 aromatic rings. The molecule has 134 valence electrons. The molecule has 0 saturated carbocycles. The maximum Gasteiger partial charge on any atom is 0.410 e. The lowest BCUT2D eigenvalue weighted by Crippen LogP contribution is -2.55. The minimum atomic E-state index is -0.478. The van der Waals surface area contributed by atoms with E-state index in [0.717, 1.165) is 29.1 Å². The molecule has 25 heavy (non-hydrogen) atoms. The van der Waals surface area contributed by atoms with Crippen LogP contribution in [0.4, 0.5) is 10.6 Å². The minimum Gasteiger partial charge on any atom is -0.444 e. The van der Waals surface area contributed by atoms with Crippen LogP contribution in [0.15, 0.2) is 24.3 Å². The third-order valence-electron chi connectivity index (χ3n) is 4.27. The number of hydrogen-bond donors (Lipinski definition) is 0. The number of rotatable bonds is 1. The van der Waals surface area contributed by atoms with Gasteiger partial charge in [0.1, 0.15) is 5.60 Å². The minimum absolute atomic E-state index is 0.0521. The van der Waals surface area contributed by atoms with Gasteiger partial charge in [-0.2, -0.15) is 0 Å². The average Bonchev–Trinajstić information content (AvgIpc) is 2.52. The monoisotopic (exact) mass is 342 g/mol. The van der Waals surface area contributed by atoms with Crippen molar-refractivity contribution >= 4 is 22.9 Å². The zero-order valence-corrected chi connectivity index (χ0v) is 15.6. The fourth-order valence-electron chi connectivity index (χ4n) is 3.12. The molecule has 3 rings (SSSR count). The molecular formula is C19H26N4O2. The second kappa shape index (κ2) is 6.50. The lowest BCUT2D eigenvalue weighted by atomic mass is 10.2. The van der Waals surface area contributed by atoms with Crippen molar-refractivity contribution in [2.75, 3.05) is 24.5 Å². The predicted octanol–water partition coefficient (Wildman–Crippen LogP) is 3.38. The molecule has 1 saturated heterocycles. The Morgan fingerprint density at radius 3 is 2.40 bits per heavy atom. The Labute approximate surface area is 148 Å². The lowest BCUT2D eigenvalue weighted by molar-refractivity contribution is 0.0158. The van der Waals surface area contributed by atoms with E-state index in [0.29, 0.717) is 13.1 Å². The van der Waals surface area contributed by atoms with Crippen molar-refractivity contribution in [3.63, 3.8) is 0 Å². The van der Waals surface area contributed by atoms with Crippen LogP contribution in [0.25, 0.3) is 11.0 Å². The molecular weight excluding hydrogens is 316 g/mol. The molecule has 1 aromatic carbocycles. The van der Waals surface area contributed by atoms with Gasteiger partial charge in [0.25, 0.3) is 0 Å². The van der Waals surface area contributed by atoms with E-state index in [1.54, 1.807) is 4.90 Å². The second-order valence-corrected chi connectivity index (χ2v) is 7.59. The number of para-hydroxylation sites is 2. The van der Waals surface area contributed by atoms with E-state index in [-0.39, 0.29) is 12.1 Å². The number of carbonyl (C=O) groups is 1. The van der Waals surface area contributed by atoms with Crippen LogP contribution in [-0.4, -0.2) is 52.2 Å². The molecule has 0 spiro atoms. The second-order valence-electron chi connectivity index (χ2n) is 7.59. The zero-order chi connectivity index (χ0) is 18.2. The number of nitrogens with zero attached hydrogens (tertiary/aromatic N) is 4. The van der Waals surface area contributed by atoms with E-state index >= 15 is 0 Å². The molecule has 0 N–H and O–H groups in total. The van der Waals surface area contributed by atoms with Crippen molar-refractivity contribution in [3.05, 3.63) is 30.0 Å². The Kier molecular flexibility index (Phi) is 4.54. The summed E-state index contributed by atoms with van der Waals surface area (Å²) in [6.45, 7) is 11.7. The average molecular weight is 342 g/mol. The van der Waals surface area contributed by atoms with Crippen molar-refractivity contribution in [3.8, 4) is 0 Å². The molecule has 1 aliphatic rings. The number of anilines is 1. The van der Waals surface area contributed by atoms with Gasteiger partial charge >= 0.3 is 6.09 Å². The summed E-state index contributed by atoms with van der Waals surface area (Å²) in [5.41, 5.74) is 2.24. The Balaban J connectivity index is 1.77. The van der Waals surface area contributed by atoms with Gasteiger partial charge in [-0.3, -0.25) is 0 Å². The quantitative estimate of drug-likeness (QED) is 0.795. The summed E-state index contributed by atoms with van der Waals surface area (Å²) in [6, 6.07) is 7.95. The van der Waals surface area contributed by atoms with Crippen LogP contribution >= 0.6 is 0 Å². The highest BCUT2D eigenvalue weighted by molar-refractivity contribution is 5.76. The lowest BCUT2D eigenvalue weighted by Gasteiger charge is -2.41. The Bertz CT molecular complexity index is 785. The van der Waals surface area contributed by atoms with Crippen LogP contribution in [-0.2, 0) is 4.74 Å². The fourth-order valence-corrected chi connectivity index (χ4v) is 3.12. The molecule has 0 unspecified atom stereocenters. The number of piperazine rings is 1. The highest BCUT2D eigenvalue weighted by atomic mass is 16.6. The van der Waals surface area contributed by atoms with Gasteiger partial charge in [0.2, 0.25) is 0 Å². The topological polar surface area (TPSA) is 58.6 Å². The summed E-state index contributed by atoms with van der Waals surface area (Å²) < 4.78 is 5.51. The molecule has 1 atom stereocenters. The highest BCUT2D eigenvalue weighted by Crippen LogP contribution is 2.23. The number of ether oxygens (including phenoxy) is 1.